The molecule has 0 aromatic heterocycles. The van der Waals surface area contributed by atoms with Gasteiger partial charge in [-0.15, -0.1) is 0 Å². The molecule has 0 spiro atoms. The summed E-state index contributed by atoms with van der Waals surface area (Å²) in [6.45, 7) is 13.9. The Morgan fingerprint density at radius 3 is 1.28 bits per heavy atom. The second-order valence-electron chi connectivity index (χ2n) is 8.75. The van der Waals surface area contributed by atoms with E-state index in [1.54, 1.807) is 0 Å². The van der Waals surface area contributed by atoms with Crippen molar-refractivity contribution in [1.82, 2.24) is 0 Å². The van der Waals surface area contributed by atoms with Crippen molar-refractivity contribution in [2.75, 3.05) is 6.16 Å². The van der Waals surface area contributed by atoms with Gasteiger partial charge in [-0.3, -0.25) is 0 Å². The van der Waals surface area contributed by atoms with Crippen LogP contribution in [0.3, 0.4) is 0 Å². The fourth-order valence-electron chi connectivity index (χ4n) is 3.71. The summed E-state index contributed by atoms with van der Waals surface area (Å²) in [7, 11) is -0.876. The van der Waals surface area contributed by atoms with Crippen LogP contribution < -0.4 is 0 Å². The SMILES string of the molecule is CC(C)(C)[PH+](CC(O)(c1ccccc1)c1ccccc1)C(C)(C)C.[Ti]. The third kappa shape index (κ3) is 5.51. The standard InChI is InChI=1S/C22H31OP.Ti/c1-20(2,3)24(21(4,5)6)17-22(23,18-13-9-7-10-14-18)19-15-11-8-12-16-19;/h7-16,23H,17H2,1-6H3;/p+1. The molecular weight excluding hydrogens is 359 g/mol. The molecule has 0 bridgehead atoms. The van der Waals surface area contributed by atoms with E-state index in [1.165, 1.54) is 0 Å². The van der Waals surface area contributed by atoms with Crippen molar-refractivity contribution < 1.29 is 26.8 Å². The van der Waals surface area contributed by atoms with Crippen molar-refractivity contribution in [3.05, 3.63) is 71.8 Å². The molecule has 0 saturated carbocycles. The van der Waals surface area contributed by atoms with E-state index in [-0.39, 0.29) is 32.0 Å². The molecule has 1 N–H and O–H groups in total. The Labute approximate surface area is 169 Å². The van der Waals surface area contributed by atoms with Gasteiger partial charge in [0.2, 0.25) is 0 Å². The fourth-order valence-corrected chi connectivity index (χ4v) is 7.94. The van der Waals surface area contributed by atoms with Gasteiger partial charge < -0.3 is 5.11 Å². The predicted octanol–water partition coefficient (Wildman–Crippen LogP) is 5.73. The van der Waals surface area contributed by atoms with Gasteiger partial charge in [0, 0.05) is 29.6 Å². The summed E-state index contributed by atoms with van der Waals surface area (Å²) in [4.78, 5) is 0. The van der Waals surface area contributed by atoms with E-state index in [1.807, 2.05) is 36.4 Å². The maximum absolute atomic E-state index is 11.9. The van der Waals surface area contributed by atoms with Gasteiger partial charge in [0.25, 0.3) is 0 Å². The fraction of sp³-hybridized carbons (Fsp3) is 0.455. The summed E-state index contributed by atoms with van der Waals surface area (Å²) in [6.07, 6.45) is 0.804. The van der Waals surface area contributed by atoms with Crippen molar-refractivity contribution in [3.63, 3.8) is 0 Å². The Morgan fingerprint density at radius 2 is 1.00 bits per heavy atom. The molecule has 0 amide bonds. The second-order valence-corrected chi connectivity index (χ2v) is 13.1. The molecule has 0 unspecified atom stereocenters. The Morgan fingerprint density at radius 1 is 0.680 bits per heavy atom. The summed E-state index contributed by atoms with van der Waals surface area (Å²) in [5.74, 6) is 0. The van der Waals surface area contributed by atoms with E-state index in [0.717, 1.165) is 17.3 Å². The van der Waals surface area contributed by atoms with Gasteiger partial charge in [0.15, 0.2) is 0 Å². The molecule has 0 fully saturated rings. The third-order valence-corrected chi connectivity index (χ3v) is 9.23. The van der Waals surface area contributed by atoms with Crippen LogP contribution in [0.1, 0.15) is 52.7 Å². The zero-order valence-electron chi connectivity index (χ0n) is 16.4. The second kappa shape index (κ2) is 8.49. The van der Waals surface area contributed by atoms with Gasteiger partial charge in [0.1, 0.15) is 5.60 Å². The maximum Gasteiger partial charge on any atom is 0.148 e. The molecule has 134 valence electrons. The van der Waals surface area contributed by atoms with E-state index < -0.39 is 13.5 Å². The van der Waals surface area contributed by atoms with E-state index in [9.17, 15) is 5.11 Å². The number of hydrogen-bond donors (Lipinski definition) is 1. The van der Waals surface area contributed by atoms with Crippen LogP contribution in [0.5, 0.6) is 0 Å². The van der Waals surface area contributed by atoms with Crippen molar-refractivity contribution in [2.24, 2.45) is 0 Å². The van der Waals surface area contributed by atoms with Gasteiger partial charge >= 0.3 is 0 Å². The minimum absolute atomic E-state index is 0. The van der Waals surface area contributed by atoms with E-state index in [2.05, 4.69) is 65.8 Å². The number of benzene rings is 2. The zero-order chi connectivity index (χ0) is 18.0. The summed E-state index contributed by atoms with van der Waals surface area (Å²) in [5.41, 5.74) is 1.05. The topological polar surface area (TPSA) is 20.2 Å². The van der Waals surface area contributed by atoms with Gasteiger partial charge in [0.05, 0.1) is 16.5 Å². The third-order valence-electron chi connectivity index (χ3n) is 4.75. The van der Waals surface area contributed by atoms with Crippen LogP contribution in [0.15, 0.2) is 60.7 Å². The van der Waals surface area contributed by atoms with Gasteiger partial charge in [-0.25, -0.2) is 0 Å². The normalized spacial score (nSPS) is 12.8. The van der Waals surface area contributed by atoms with Gasteiger partial charge in [-0.1, -0.05) is 60.7 Å². The number of hydrogen-bond acceptors (Lipinski definition) is 1. The predicted molar refractivity (Wildman–Crippen MR) is 109 cm³/mol. The summed E-state index contributed by atoms with van der Waals surface area (Å²) >= 11 is 0. The van der Waals surface area contributed by atoms with Gasteiger partial charge in [-0.05, 0) is 52.7 Å². The first-order chi connectivity index (χ1) is 11.0. The molecule has 0 heterocycles. The van der Waals surface area contributed by atoms with E-state index in [4.69, 9.17) is 0 Å². The first-order valence-corrected chi connectivity index (χ1v) is 10.5. The first kappa shape index (κ1) is 22.6. The molecular formula is C22H32OPTi+. The van der Waals surface area contributed by atoms with Crippen LogP contribution in [0.4, 0.5) is 0 Å². The van der Waals surface area contributed by atoms with Crippen LogP contribution in [0.25, 0.3) is 0 Å². The molecule has 0 radical (unpaired) electrons. The molecule has 0 aliphatic heterocycles. The van der Waals surface area contributed by atoms with Crippen LogP contribution in [-0.2, 0) is 27.3 Å². The Bertz CT molecular complexity index is 588. The number of rotatable bonds is 4. The Kier molecular flexibility index (Phi) is 7.67. The Balaban J connectivity index is 0.00000312. The molecule has 1 nitrogen and oxygen atoms in total. The Hall–Kier alpha value is -0.456. The molecule has 3 heteroatoms. The smallest absolute Gasteiger partial charge is 0.148 e. The minimum atomic E-state index is -0.933. The zero-order valence-corrected chi connectivity index (χ0v) is 19.0. The molecule has 2 aromatic carbocycles. The van der Waals surface area contributed by atoms with E-state index in [0.29, 0.717) is 0 Å². The molecule has 25 heavy (non-hydrogen) atoms. The minimum Gasteiger partial charge on any atom is -0.377 e. The van der Waals surface area contributed by atoms with Crippen molar-refractivity contribution in [3.8, 4) is 0 Å². The van der Waals surface area contributed by atoms with Gasteiger partial charge in [-0.2, -0.15) is 0 Å². The molecule has 0 aliphatic rings. The maximum atomic E-state index is 11.9. The van der Waals surface area contributed by atoms with Crippen LogP contribution in [0, 0.1) is 0 Å². The monoisotopic (exact) mass is 391 g/mol. The molecule has 0 saturated heterocycles. The van der Waals surface area contributed by atoms with Crippen LogP contribution >= 0.6 is 7.92 Å². The summed E-state index contributed by atoms with van der Waals surface area (Å²) in [5, 5.41) is 12.3. The van der Waals surface area contributed by atoms with Crippen LogP contribution in [0.2, 0.25) is 0 Å². The summed E-state index contributed by atoms with van der Waals surface area (Å²) in [6, 6.07) is 20.3. The summed E-state index contributed by atoms with van der Waals surface area (Å²) < 4.78 is 0. The number of aliphatic hydroxyl groups is 1. The van der Waals surface area contributed by atoms with E-state index >= 15 is 0 Å². The average Bonchev–Trinajstić information content (AvgIpc) is 2.52. The molecule has 2 aromatic rings. The van der Waals surface area contributed by atoms with Crippen molar-refractivity contribution >= 4 is 7.92 Å². The quantitative estimate of drug-likeness (QED) is 0.521. The molecule has 0 atom stereocenters. The van der Waals surface area contributed by atoms with Crippen LogP contribution in [-0.4, -0.2) is 21.6 Å². The molecule has 0 aliphatic carbocycles. The van der Waals surface area contributed by atoms with Crippen molar-refractivity contribution in [1.29, 1.82) is 0 Å². The largest absolute Gasteiger partial charge is 0.377 e. The first-order valence-electron chi connectivity index (χ1n) is 8.75. The average molecular weight is 391 g/mol. The van der Waals surface area contributed by atoms with Crippen molar-refractivity contribution in [2.45, 2.75) is 57.5 Å². The molecule has 2 rings (SSSR count).